The van der Waals surface area contributed by atoms with Crippen molar-refractivity contribution >= 4 is 0 Å². The molecule has 0 aromatic heterocycles. The van der Waals surface area contributed by atoms with E-state index in [4.69, 9.17) is 4.74 Å². The van der Waals surface area contributed by atoms with Gasteiger partial charge in [-0.15, -0.1) is 0 Å². The number of nitrogens with one attached hydrogen (secondary N) is 1. The Morgan fingerprint density at radius 3 is 2.47 bits per heavy atom. The molecule has 1 aliphatic rings. The zero-order valence-corrected chi connectivity index (χ0v) is 12.2. The van der Waals surface area contributed by atoms with E-state index in [0.717, 1.165) is 24.8 Å². The smallest absolute Gasteiger partial charge is 0.118 e. The molecule has 106 valence electrons. The monoisotopic (exact) mass is 262 g/mol. The second-order valence-corrected chi connectivity index (χ2v) is 5.36. The average molecular weight is 262 g/mol. The average Bonchev–Trinajstić information content (AvgIpc) is 2.49. The zero-order chi connectivity index (χ0) is 13.5. The minimum absolute atomic E-state index is 0.848. The van der Waals surface area contributed by atoms with Crippen molar-refractivity contribution in [1.29, 1.82) is 0 Å². The molecule has 1 heterocycles. The van der Waals surface area contributed by atoms with Gasteiger partial charge in [-0.2, -0.15) is 0 Å². The molecule has 19 heavy (non-hydrogen) atoms. The molecule has 1 fully saturated rings. The molecule has 3 heteroatoms. The van der Waals surface area contributed by atoms with Crippen LogP contribution in [0.5, 0.6) is 5.75 Å². The number of hydrogen-bond donors (Lipinski definition) is 1. The maximum atomic E-state index is 5.16. The molecule has 0 unspecified atom stereocenters. The highest BCUT2D eigenvalue weighted by atomic mass is 16.5. The van der Waals surface area contributed by atoms with E-state index in [1.54, 1.807) is 7.11 Å². The predicted molar refractivity (Wildman–Crippen MR) is 79.5 cm³/mol. The molecule has 1 saturated heterocycles. The van der Waals surface area contributed by atoms with E-state index >= 15 is 0 Å². The van der Waals surface area contributed by atoms with Crippen LogP contribution in [-0.2, 0) is 6.54 Å². The Morgan fingerprint density at radius 1 is 1.21 bits per heavy atom. The maximum absolute atomic E-state index is 5.16. The van der Waals surface area contributed by atoms with Crippen LogP contribution in [-0.4, -0.2) is 38.2 Å². The number of piperidine rings is 1. The van der Waals surface area contributed by atoms with Crippen molar-refractivity contribution in [3.05, 3.63) is 29.8 Å². The van der Waals surface area contributed by atoms with Gasteiger partial charge in [0.2, 0.25) is 0 Å². The number of benzene rings is 1. The van der Waals surface area contributed by atoms with Gasteiger partial charge in [-0.3, -0.25) is 0 Å². The molecule has 1 aromatic carbocycles. The van der Waals surface area contributed by atoms with Crippen molar-refractivity contribution in [3.63, 3.8) is 0 Å². The molecular weight excluding hydrogens is 236 g/mol. The first-order valence-electron chi connectivity index (χ1n) is 7.37. The molecule has 0 aliphatic carbocycles. The molecule has 0 radical (unpaired) electrons. The third-order valence-corrected chi connectivity index (χ3v) is 4.08. The molecule has 0 spiro atoms. The highest BCUT2D eigenvalue weighted by Gasteiger charge is 2.17. The van der Waals surface area contributed by atoms with Crippen LogP contribution in [0.3, 0.4) is 0 Å². The van der Waals surface area contributed by atoms with Gasteiger partial charge in [0, 0.05) is 6.54 Å². The SMILES string of the molecule is CCN1CCC(CNCc2ccc(OC)cc2)CC1. The van der Waals surface area contributed by atoms with E-state index < -0.39 is 0 Å². The molecular formula is C16H26N2O. The van der Waals surface area contributed by atoms with Gasteiger partial charge in [-0.05, 0) is 62.6 Å². The minimum Gasteiger partial charge on any atom is -0.497 e. The summed E-state index contributed by atoms with van der Waals surface area (Å²) in [5.41, 5.74) is 1.33. The van der Waals surface area contributed by atoms with Crippen LogP contribution in [0.1, 0.15) is 25.3 Å². The summed E-state index contributed by atoms with van der Waals surface area (Å²) >= 11 is 0. The van der Waals surface area contributed by atoms with Crippen LogP contribution in [0.4, 0.5) is 0 Å². The van der Waals surface area contributed by atoms with Crippen molar-refractivity contribution in [2.45, 2.75) is 26.3 Å². The van der Waals surface area contributed by atoms with Crippen LogP contribution >= 0.6 is 0 Å². The van der Waals surface area contributed by atoms with E-state index in [-0.39, 0.29) is 0 Å². The van der Waals surface area contributed by atoms with E-state index in [9.17, 15) is 0 Å². The van der Waals surface area contributed by atoms with E-state index in [1.807, 2.05) is 12.1 Å². The van der Waals surface area contributed by atoms with Crippen molar-refractivity contribution in [3.8, 4) is 5.75 Å². The molecule has 0 amide bonds. The van der Waals surface area contributed by atoms with E-state index in [2.05, 4.69) is 29.3 Å². The van der Waals surface area contributed by atoms with Crippen LogP contribution < -0.4 is 10.1 Å². The van der Waals surface area contributed by atoms with Crippen LogP contribution in [0.25, 0.3) is 0 Å². The Kier molecular flexibility index (Phi) is 5.67. The van der Waals surface area contributed by atoms with E-state index in [1.165, 1.54) is 38.0 Å². The van der Waals surface area contributed by atoms with Crippen molar-refractivity contribution in [1.82, 2.24) is 10.2 Å². The van der Waals surface area contributed by atoms with Gasteiger partial charge in [0.25, 0.3) is 0 Å². The van der Waals surface area contributed by atoms with Crippen LogP contribution in [0.2, 0.25) is 0 Å². The first-order valence-corrected chi connectivity index (χ1v) is 7.37. The number of hydrogen-bond acceptors (Lipinski definition) is 3. The van der Waals surface area contributed by atoms with Gasteiger partial charge in [-0.1, -0.05) is 19.1 Å². The second-order valence-electron chi connectivity index (χ2n) is 5.36. The normalized spacial score (nSPS) is 17.6. The maximum Gasteiger partial charge on any atom is 0.118 e. The fourth-order valence-electron chi connectivity index (χ4n) is 2.67. The summed E-state index contributed by atoms with van der Waals surface area (Å²) < 4.78 is 5.16. The largest absolute Gasteiger partial charge is 0.497 e. The first kappa shape index (κ1) is 14.4. The summed E-state index contributed by atoms with van der Waals surface area (Å²) in [5.74, 6) is 1.77. The molecule has 1 aliphatic heterocycles. The summed E-state index contributed by atoms with van der Waals surface area (Å²) in [5, 5.41) is 3.58. The lowest BCUT2D eigenvalue weighted by atomic mass is 9.97. The Bertz CT molecular complexity index is 356. The molecule has 2 rings (SSSR count). The standard InChI is InChI=1S/C16H26N2O/c1-3-18-10-8-15(9-11-18)13-17-12-14-4-6-16(19-2)7-5-14/h4-7,15,17H,3,8-13H2,1-2H3. The van der Waals surface area contributed by atoms with Gasteiger partial charge < -0.3 is 15.0 Å². The number of ether oxygens (including phenoxy) is 1. The summed E-state index contributed by atoms with van der Waals surface area (Å²) in [6.07, 6.45) is 2.67. The molecule has 0 atom stereocenters. The fraction of sp³-hybridized carbons (Fsp3) is 0.625. The Morgan fingerprint density at radius 2 is 1.89 bits per heavy atom. The van der Waals surface area contributed by atoms with Gasteiger partial charge >= 0.3 is 0 Å². The lowest BCUT2D eigenvalue weighted by molar-refractivity contribution is 0.190. The number of nitrogens with zero attached hydrogens (tertiary/aromatic N) is 1. The van der Waals surface area contributed by atoms with Crippen molar-refractivity contribution in [2.24, 2.45) is 5.92 Å². The third-order valence-electron chi connectivity index (χ3n) is 4.08. The van der Waals surface area contributed by atoms with Gasteiger partial charge in [-0.25, -0.2) is 0 Å². The second kappa shape index (κ2) is 7.51. The molecule has 1 N–H and O–H groups in total. The zero-order valence-electron chi connectivity index (χ0n) is 12.2. The third kappa shape index (κ3) is 4.51. The summed E-state index contributed by atoms with van der Waals surface area (Å²) in [4.78, 5) is 2.54. The number of rotatable bonds is 6. The Hall–Kier alpha value is -1.06. The summed E-state index contributed by atoms with van der Waals surface area (Å²) in [7, 11) is 1.70. The van der Waals surface area contributed by atoms with Gasteiger partial charge in [0.05, 0.1) is 7.11 Å². The quantitative estimate of drug-likeness (QED) is 0.852. The highest BCUT2D eigenvalue weighted by Crippen LogP contribution is 2.16. The lowest BCUT2D eigenvalue weighted by Crippen LogP contribution is -2.36. The molecule has 0 bridgehead atoms. The fourth-order valence-corrected chi connectivity index (χ4v) is 2.67. The van der Waals surface area contributed by atoms with Crippen LogP contribution in [0, 0.1) is 5.92 Å². The number of likely N-dealkylation sites (tertiary alicyclic amines) is 1. The molecule has 1 aromatic rings. The first-order chi connectivity index (χ1) is 9.31. The predicted octanol–water partition coefficient (Wildman–Crippen LogP) is 2.52. The van der Waals surface area contributed by atoms with Crippen molar-refractivity contribution in [2.75, 3.05) is 33.3 Å². The lowest BCUT2D eigenvalue weighted by Gasteiger charge is -2.31. The number of methoxy groups -OCH3 is 1. The summed E-state index contributed by atoms with van der Waals surface area (Å²) in [6, 6.07) is 8.31. The van der Waals surface area contributed by atoms with Crippen LogP contribution in [0.15, 0.2) is 24.3 Å². The topological polar surface area (TPSA) is 24.5 Å². The minimum atomic E-state index is 0.848. The molecule has 3 nitrogen and oxygen atoms in total. The Labute approximate surface area is 116 Å². The van der Waals surface area contributed by atoms with Gasteiger partial charge in [0.15, 0.2) is 0 Å². The molecule has 0 saturated carbocycles. The van der Waals surface area contributed by atoms with E-state index in [0.29, 0.717) is 0 Å². The van der Waals surface area contributed by atoms with Gasteiger partial charge in [0.1, 0.15) is 5.75 Å². The summed E-state index contributed by atoms with van der Waals surface area (Å²) in [6.45, 7) is 8.09. The van der Waals surface area contributed by atoms with Crippen molar-refractivity contribution < 1.29 is 4.74 Å². The Balaban J connectivity index is 1.66. The highest BCUT2D eigenvalue weighted by molar-refractivity contribution is 5.26.